The summed E-state index contributed by atoms with van der Waals surface area (Å²) in [5.74, 6) is -0.0289. The summed E-state index contributed by atoms with van der Waals surface area (Å²) in [6.45, 7) is 6.60. The fourth-order valence-corrected chi connectivity index (χ4v) is 2.09. The smallest absolute Gasteiger partial charge is 0.335 e. The average Bonchev–Trinajstić information content (AvgIpc) is 2.72. The second-order valence-electron chi connectivity index (χ2n) is 5.45. The van der Waals surface area contributed by atoms with Gasteiger partial charge in [0.05, 0.1) is 16.6 Å². The van der Waals surface area contributed by atoms with Gasteiger partial charge < -0.3 is 15.0 Å². The number of imidazole rings is 1. The molecule has 1 amide bonds. The number of carboxylic acid groups (broad SMARTS) is 1. The van der Waals surface area contributed by atoms with Gasteiger partial charge in [0.2, 0.25) is 5.91 Å². The Hall–Kier alpha value is -2.37. The summed E-state index contributed by atoms with van der Waals surface area (Å²) in [7, 11) is 0. The van der Waals surface area contributed by atoms with Crippen LogP contribution in [0.4, 0.5) is 0 Å². The van der Waals surface area contributed by atoms with E-state index < -0.39 is 5.97 Å². The molecule has 0 aliphatic heterocycles. The second-order valence-corrected chi connectivity index (χ2v) is 5.45. The summed E-state index contributed by atoms with van der Waals surface area (Å²) in [5.41, 5.74) is 1.53. The van der Waals surface area contributed by atoms with Crippen LogP contribution in [0, 0.1) is 12.8 Å². The van der Waals surface area contributed by atoms with E-state index in [0.717, 1.165) is 0 Å². The Morgan fingerprint density at radius 3 is 2.71 bits per heavy atom. The maximum absolute atomic E-state index is 12.0. The molecule has 0 unspecified atom stereocenters. The maximum Gasteiger partial charge on any atom is 0.335 e. The fourth-order valence-electron chi connectivity index (χ4n) is 2.09. The number of rotatable bonds is 5. The minimum Gasteiger partial charge on any atom is -0.478 e. The number of nitrogens with zero attached hydrogens (tertiary/aromatic N) is 2. The molecule has 0 aliphatic rings. The Morgan fingerprint density at radius 1 is 1.38 bits per heavy atom. The van der Waals surface area contributed by atoms with Crippen LogP contribution in [0.25, 0.3) is 11.0 Å². The molecule has 0 aliphatic carbocycles. The Balaban J connectivity index is 2.29. The molecule has 6 nitrogen and oxygen atoms in total. The molecule has 0 saturated carbocycles. The molecule has 2 rings (SSSR count). The van der Waals surface area contributed by atoms with Gasteiger partial charge in [-0.3, -0.25) is 4.79 Å². The summed E-state index contributed by atoms with van der Waals surface area (Å²) in [4.78, 5) is 27.4. The lowest BCUT2D eigenvalue weighted by Gasteiger charge is -2.10. The molecule has 0 fully saturated rings. The first-order valence-electron chi connectivity index (χ1n) is 6.85. The lowest BCUT2D eigenvalue weighted by atomic mass is 10.2. The van der Waals surface area contributed by atoms with Crippen molar-refractivity contribution >= 4 is 22.9 Å². The molecule has 0 saturated heterocycles. The van der Waals surface area contributed by atoms with E-state index in [1.165, 1.54) is 6.07 Å². The number of amides is 1. The van der Waals surface area contributed by atoms with E-state index in [2.05, 4.69) is 10.3 Å². The molecule has 2 aromatic rings. The molecular weight excluding hydrogens is 270 g/mol. The first-order valence-corrected chi connectivity index (χ1v) is 6.85. The maximum atomic E-state index is 12.0. The van der Waals surface area contributed by atoms with Crippen molar-refractivity contribution in [3.63, 3.8) is 0 Å². The van der Waals surface area contributed by atoms with E-state index in [1.54, 1.807) is 23.6 Å². The van der Waals surface area contributed by atoms with Crippen molar-refractivity contribution in [2.45, 2.75) is 27.3 Å². The minimum absolute atomic E-state index is 0.105. The number of aromatic nitrogens is 2. The molecule has 1 aromatic carbocycles. The zero-order chi connectivity index (χ0) is 15.6. The Labute approximate surface area is 122 Å². The van der Waals surface area contributed by atoms with Crippen LogP contribution < -0.4 is 5.32 Å². The Kier molecular flexibility index (Phi) is 4.26. The highest BCUT2D eigenvalue weighted by Gasteiger charge is 2.13. The van der Waals surface area contributed by atoms with E-state index in [-0.39, 0.29) is 18.0 Å². The topological polar surface area (TPSA) is 84.2 Å². The summed E-state index contributed by atoms with van der Waals surface area (Å²) in [6.07, 6.45) is 0. The van der Waals surface area contributed by atoms with Gasteiger partial charge in [0, 0.05) is 6.54 Å². The van der Waals surface area contributed by atoms with Crippen molar-refractivity contribution in [2.75, 3.05) is 6.54 Å². The zero-order valence-electron chi connectivity index (χ0n) is 12.4. The first-order chi connectivity index (χ1) is 9.88. The quantitative estimate of drug-likeness (QED) is 0.879. The van der Waals surface area contributed by atoms with Gasteiger partial charge in [0.25, 0.3) is 0 Å². The van der Waals surface area contributed by atoms with Crippen LogP contribution >= 0.6 is 0 Å². The third-order valence-electron chi connectivity index (χ3n) is 3.20. The summed E-state index contributed by atoms with van der Waals surface area (Å²) in [5, 5.41) is 11.9. The largest absolute Gasteiger partial charge is 0.478 e. The highest BCUT2D eigenvalue weighted by Crippen LogP contribution is 2.18. The van der Waals surface area contributed by atoms with Gasteiger partial charge in [-0.15, -0.1) is 0 Å². The average molecular weight is 289 g/mol. The van der Waals surface area contributed by atoms with E-state index in [0.29, 0.717) is 29.3 Å². The number of aryl methyl sites for hydroxylation is 1. The van der Waals surface area contributed by atoms with Crippen molar-refractivity contribution in [3.05, 3.63) is 29.6 Å². The van der Waals surface area contributed by atoms with E-state index in [4.69, 9.17) is 5.11 Å². The van der Waals surface area contributed by atoms with Crippen LogP contribution in [0.2, 0.25) is 0 Å². The van der Waals surface area contributed by atoms with Crippen LogP contribution in [0.1, 0.15) is 30.0 Å². The monoisotopic (exact) mass is 289 g/mol. The summed E-state index contributed by atoms with van der Waals surface area (Å²) >= 11 is 0. The molecule has 21 heavy (non-hydrogen) atoms. The minimum atomic E-state index is -0.994. The van der Waals surface area contributed by atoms with Gasteiger partial charge in [-0.25, -0.2) is 9.78 Å². The van der Waals surface area contributed by atoms with Crippen LogP contribution in [0.15, 0.2) is 18.2 Å². The lowest BCUT2D eigenvalue weighted by Crippen LogP contribution is -2.30. The second kappa shape index (κ2) is 5.95. The molecule has 0 bridgehead atoms. The van der Waals surface area contributed by atoms with Gasteiger partial charge in [0.15, 0.2) is 0 Å². The molecule has 0 atom stereocenters. The van der Waals surface area contributed by atoms with Crippen LogP contribution in [0.5, 0.6) is 0 Å². The number of fused-ring (bicyclic) bond motifs is 1. The molecule has 112 valence electrons. The summed E-state index contributed by atoms with van der Waals surface area (Å²) < 4.78 is 1.73. The molecule has 2 N–H and O–H groups in total. The van der Waals surface area contributed by atoms with E-state index in [9.17, 15) is 9.59 Å². The number of nitrogens with one attached hydrogen (secondary N) is 1. The van der Waals surface area contributed by atoms with Gasteiger partial charge in [-0.2, -0.15) is 0 Å². The predicted octanol–water partition coefficient (Wildman–Crippen LogP) is 1.82. The normalized spacial score (nSPS) is 11.0. The molecular formula is C15H19N3O3. The molecule has 0 spiro atoms. The summed E-state index contributed by atoms with van der Waals surface area (Å²) in [6, 6.07) is 4.72. The number of hydrogen-bond donors (Lipinski definition) is 2. The number of benzene rings is 1. The van der Waals surface area contributed by atoms with Crippen LogP contribution in [-0.4, -0.2) is 33.1 Å². The number of aromatic carboxylic acids is 1. The number of carbonyl (C=O) groups is 2. The van der Waals surface area contributed by atoms with Crippen LogP contribution in [0.3, 0.4) is 0 Å². The Morgan fingerprint density at radius 2 is 2.10 bits per heavy atom. The van der Waals surface area contributed by atoms with Crippen molar-refractivity contribution in [1.29, 1.82) is 0 Å². The molecule has 1 aromatic heterocycles. The van der Waals surface area contributed by atoms with Gasteiger partial charge >= 0.3 is 5.97 Å². The first kappa shape index (κ1) is 15.0. The third-order valence-corrected chi connectivity index (χ3v) is 3.20. The van der Waals surface area contributed by atoms with E-state index in [1.807, 2.05) is 13.8 Å². The third kappa shape index (κ3) is 3.39. The number of carboxylic acids is 1. The van der Waals surface area contributed by atoms with E-state index >= 15 is 0 Å². The van der Waals surface area contributed by atoms with Crippen molar-refractivity contribution < 1.29 is 14.7 Å². The fraction of sp³-hybridized carbons (Fsp3) is 0.400. The van der Waals surface area contributed by atoms with Gasteiger partial charge in [-0.05, 0) is 31.0 Å². The number of hydrogen-bond acceptors (Lipinski definition) is 3. The SMILES string of the molecule is Cc1nc2ccc(C(=O)O)cc2n1CC(=O)NCC(C)C. The van der Waals surface area contributed by atoms with Crippen LogP contribution in [-0.2, 0) is 11.3 Å². The highest BCUT2D eigenvalue weighted by molar-refractivity contribution is 5.93. The van der Waals surface area contributed by atoms with Crippen molar-refractivity contribution in [2.24, 2.45) is 5.92 Å². The molecule has 1 heterocycles. The number of carbonyl (C=O) groups excluding carboxylic acids is 1. The zero-order valence-corrected chi connectivity index (χ0v) is 12.4. The standard InChI is InChI=1S/C15H19N3O3/c1-9(2)7-16-14(19)8-18-10(3)17-12-5-4-11(15(20)21)6-13(12)18/h4-6,9H,7-8H2,1-3H3,(H,16,19)(H,20,21). The molecule has 0 radical (unpaired) electrons. The van der Waals surface area contributed by atoms with Gasteiger partial charge in [0.1, 0.15) is 12.4 Å². The lowest BCUT2D eigenvalue weighted by molar-refractivity contribution is -0.121. The predicted molar refractivity (Wildman–Crippen MR) is 79.3 cm³/mol. The highest BCUT2D eigenvalue weighted by atomic mass is 16.4. The molecule has 6 heteroatoms. The van der Waals surface area contributed by atoms with Crippen molar-refractivity contribution in [3.8, 4) is 0 Å². The Bertz CT molecular complexity index is 689. The van der Waals surface area contributed by atoms with Gasteiger partial charge in [-0.1, -0.05) is 13.8 Å². The van der Waals surface area contributed by atoms with Crippen molar-refractivity contribution in [1.82, 2.24) is 14.9 Å².